The molecule has 3 heterocycles. The summed E-state index contributed by atoms with van der Waals surface area (Å²) in [4.78, 5) is 13.0. The lowest BCUT2D eigenvalue weighted by molar-refractivity contribution is 0.00438. The smallest absolute Gasteiger partial charge is 0.228 e. The fraction of sp³-hybridized carbons (Fsp3) is 0.529. The van der Waals surface area contributed by atoms with E-state index in [-0.39, 0.29) is 0 Å². The number of ether oxygens (including phenoxy) is 2. The van der Waals surface area contributed by atoms with Crippen LogP contribution >= 0.6 is 0 Å². The molecular formula is C17H24N4O4. The third kappa shape index (κ3) is 5.15. The molecule has 1 aliphatic rings. The second-order valence-corrected chi connectivity index (χ2v) is 5.93. The molecule has 8 heteroatoms. The number of aliphatic hydroxyl groups excluding tert-OH is 1. The second-order valence-electron chi connectivity index (χ2n) is 5.93. The Labute approximate surface area is 147 Å². The predicted molar refractivity (Wildman–Crippen MR) is 91.6 cm³/mol. The van der Waals surface area contributed by atoms with Crippen LogP contribution in [0.2, 0.25) is 0 Å². The van der Waals surface area contributed by atoms with Crippen LogP contribution in [-0.4, -0.2) is 72.5 Å². The van der Waals surface area contributed by atoms with E-state index in [1.54, 1.807) is 25.6 Å². The number of piperazine rings is 1. The van der Waals surface area contributed by atoms with E-state index in [4.69, 9.17) is 13.9 Å². The number of anilines is 1. The number of aromatic nitrogens is 2. The molecule has 0 bridgehead atoms. The van der Waals surface area contributed by atoms with Gasteiger partial charge in [-0.15, -0.1) is 0 Å². The van der Waals surface area contributed by atoms with Gasteiger partial charge in [0.1, 0.15) is 12.4 Å². The molecule has 1 atom stereocenters. The second kappa shape index (κ2) is 8.80. The van der Waals surface area contributed by atoms with E-state index in [1.165, 1.54) is 0 Å². The molecule has 0 radical (unpaired) electrons. The Balaban J connectivity index is 1.38. The zero-order valence-corrected chi connectivity index (χ0v) is 14.4. The predicted octanol–water partition coefficient (Wildman–Crippen LogP) is 0.778. The molecule has 136 valence electrons. The fourth-order valence-corrected chi connectivity index (χ4v) is 2.77. The lowest BCUT2D eigenvalue weighted by Gasteiger charge is -2.35. The Hall–Kier alpha value is -2.16. The fourth-order valence-electron chi connectivity index (χ4n) is 2.77. The van der Waals surface area contributed by atoms with Crippen LogP contribution in [0.15, 0.2) is 35.1 Å². The Morgan fingerprint density at radius 2 is 2.12 bits per heavy atom. The minimum Gasteiger partial charge on any atom is -0.481 e. The van der Waals surface area contributed by atoms with Crippen molar-refractivity contribution in [3.63, 3.8) is 0 Å². The van der Waals surface area contributed by atoms with Crippen LogP contribution in [0, 0.1) is 0 Å². The summed E-state index contributed by atoms with van der Waals surface area (Å²) in [5.74, 6) is 2.01. The van der Waals surface area contributed by atoms with Gasteiger partial charge in [0.25, 0.3) is 0 Å². The number of aliphatic hydroxyl groups is 1. The molecule has 8 nitrogen and oxygen atoms in total. The zero-order chi connectivity index (χ0) is 17.5. The van der Waals surface area contributed by atoms with Crippen LogP contribution in [0.5, 0.6) is 5.88 Å². The van der Waals surface area contributed by atoms with Crippen LogP contribution < -0.4 is 9.64 Å². The van der Waals surface area contributed by atoms with Gasteiger partial charge >= 0.3 is 0 Å². The van der Waals surface area contributed by atoms with Gasteiger partial charge in [0.05, 0.1) is 26.1 Å². The number of nitrogens with zero attached hydrogens (tertiary/aromatic N) is 4. The van der Waals surface area contributed by atoms with Crippen molar-refractivity contribution in [2.24, 2.45) is 0 Å². The highest BCUT2D eigenvalue weighted by atomic mass is 16.5. The molecule has 1 aliphatic heterocycles. The van der Waals surface area contributed by atoms with Crippen molar-refractivity contribution in [1.29, 1.82) is 0 Å². The first-order chi connectivity index (χ1) is 12.2. The average Bonchev–Trinajstić information content (AvgIpc) is 3.16. The summed E-state index contributed by atoms with van der Waals surface area (Å²) in [7, 11) is 1.60. The first-order valence-corrected chi connectivity index (χ1v) is 8.37. The monoisotopic (exact) mass is 348 g/mol. The number of rotatable bonds is 8. The highest BCUT2D eigenvalue weighted by molar-refractivity contribution is 5.32. The number of hydrogen-bond acceptors (Lipinski definition) is 8. The molecule has 1 saturated heterocycles. The molecule has 3 rings (SSSR count). The standard InChI is InChI=1S/C17H24N4O4/c1-23-16-4-5-18-17(19-16)21-8-6-20(7-9-21)11-14(22)12-24-13-15-3-2-10-25-15/h2-5,10,14,22H,6-9,11-13H2,1H3. The van der Waals surface area contributed by atoms with Crippen molar-refractivity contribution >= 4 is 5.95 Å². The zero-order valence-electron chi connectivity index (χ0n) is 14.4. The molecule has 1 N–H and O–H groups in total. The summed E-state index contributed by atoms with van der Waals surface area (Å²) in [5.41, 5.74) is 0. The summed E-state index contributed by atoms with van der Waals surface area (Å²) in [6.45, 7) is 4.57. The van der Waals surface area contributed by atoms with Crippen molar-refractivity contribution in [3.05, 3.63) is 36.4 Å². The summed E-state index contributed by atoms with van der Waals surface area (Å²) < 4.78 is 15.8. The molecule has 2 aromatic heterocycles. The molecule has 25 heavy (non-hydrogen) atoms. The molecule has 0 aliphatic carbocycles. The highest BCUT2D eigenvalue weighted by Crippen LogP contribution is 2.14. The van der Waals surface area contributed by atoms with Crippen molar-refractivity contribution in [2.75, 3.05) is 51.3 Å². The minimum atomic E-state index is -0.519. The van der Waals surface area contributed by atoms with E-state index < -0.39 is 6.10 Å². The summed E-state index contributed by atoms with van der Waals surface area (Å²) >= 11 is 0. The maximum atomic E-state index is 10.1. The number of β-amino-alcohol motifs (C(OH)–C–C–N with tert-alkyl or cyclic N) is 1. The molecular weight excluding hydrogens is 324 g/mol. The van der Waals surface area contributed by atoms with Gasteiger partial charge in [-0.05, 0) is 12.1 Å². The highest BCUT2D eigenvalue weighted by Gasteiger charge is 2.21. The van der Waals surface area contributed by atoms with Crippen LogP contribution in [0.3, 0.4) is 0 Å². The van der Waals surface area contributed by atoms with E-state index in [0.717, 1.165) is 31.9 Å². The third-order valence-electron chi connectivity index (χ3n) is 4.09. The maximum Gasteiger partial charge on any atom is 0.228 e. The number of furan rings is 1. The number of hydrogen-bond donors (Lipinski definition) is 1. The van der Waals surface area contributed by atoms with Gasteiger partial charge < -0.3 is 23.9 Å². The average molecular weight is 348 g/mol. The largest absolute Gasteiger partial charge is 0.481 e. The van der Waals surface area contributed by atoms with Gasteiger partial charge in [0.15, 0.2) is 0 Å². The van der Waals surface area contributed by atoms with Crippen molar-refractivity contribution in [3.8, 4) is 5.88 Å². The van der Waals surface area contributed by atoms with E-state index >= 15 is 0 Å². The quantitative estimate of drug-likeness (QED) is 0.749. The normalized spacial score (nSPS) is 16.8. The Kier molecular flexibility index (Phi) is 6.21. The lowest BCUT2D eigenvalue weighted by atomic mass is 10.2. The minimum absolute atomic E-state index is 0.292. The first-order valence-electron chi connectivity index (χ1n) is 8.37. The van der Waals surface area contributed by atoms with Gasteiger partial charge in [0.2, 0.25) is 11.8 Å². The molecule has 0 saturated carbocycles. The van der Waals surface area contributed by atoms with Crippen LogP contribution in [0.25, 0.3) is 0 Å². The van der Waals surface area contributed by atoms with E-state index in [2.05, 4.69) is 19.8 Å². The summed E-state index contributed by atoms with van der Waals surface area (Å²) in [6, 6.07) is 5.41. The van der Waals surface area contributed by atoms with Crippen LogP contribution in [0.1, 0.15) is 5.76 Å². The molecule has 1 fully saturated rings. The Morgan fingerprint density at radius 1 is 1.28 bits per heavy atom. The van der Waals surface area contributed by atoms with Gasteiger partial charge in [-0.2, -0.15) is 4.98 Å². The molecule has 0 aromatic carbocycles. The molecule has 2 aromatic rings. The van der Waals surface area contributed by atoms with Crippen LogP contribution in [-0.2, 0) is 11.3 Å². The topological polar surface area (TPSA) is 84.1 Å². The van der Waals surface area contributed by atoms with Crippen molar-refractivity contribution < 1.29 is 19.0 Å². The van der Waals surface area contributed by atoms with Gasteiger partial charge in [-0.3, -0.25) is 4.90 Å². The van der Waals surface area contributed by atoms with E-state index in [9.17, 15) is 5.11 Å². The summed E-state index contributed by atoms with van der Waals surface area (Å²) in [6.07, 6.45) is 2.79. The van der Waals surface area contributed by atoms with E-state index in [0.29, 0.717) is 31.6 Å². The lowest BCUT2D eigenvalue weighted by Crippen LogP contribution is -2.49. The molecule has 0 amide bonds. The van der Waals surface area contributed by atoms with Gasteiger partial charge in [-0.1, -0.05) is 0 Å². The summed E-state index contributed by atoms with van der Waals surface area (Å²) in [5, 5.41) is 10.1. The van der Waals surface area contributed by atoms with Gasteiger partial charge in [0, 0.05) is 45.0 Å². The van der Waals surface area contributed by atoms with Gasteiger partial charge in [-0.25, -0.2) is 4.98 Å². The third-order valence-corrected chi connectivity index (χ3v) is 4.09. The van der Waals surface area contributed by atoms with Crippen LogP contribution in [0.4, 0.5) is 5.95 Å². The SMILES string of the molecule is COc1ccnc(N2CCN(CC(O)COCc3ccco3)CC2)n1. The van der Waals surface area contributed by atoms with Crippen molar-refractivity contribution in [1.82, 2.24) is 14.9 Å². The maximum absolute atomic E-state index is 10.1. The Morgan fingerprint density at radius 3 is 2.84 bits per heavy atom. The molecule has 1 unspecified atom stereocenters. The van der Waals surface area contributed by atoms with E-state index in [1.807, 2.05) is 12.1 Å². The Bertz CT molecular complexity index is 629. The molecule has 0 spiro atoms. The van der Waals surface area contributed by atoms with Crippen molar-refractivity contribution in [2.45, 2.75) is 12.7 Å². The first kappa shape index (κ1) is 17.7. The number of methoxy groups -OCH3 is 1.